The minimum absolute atomic E-state index is 0.0910. The highest BCUT2D eigenvalue weighted by Crippen LogP contribution is 2.32. The molecule has 0 unspecified atom stereocenters. The quantitative estimate of drug-likeness (QED) is 0.237. The molecule has 2 heterocycles. The van der Waals surface area contributed by atoms with E-state index < -0.39 is 11.7 Å². The Hall–Kier alpha value is -2.98. The molecule has 6 nitrogen and oxygen atoms in total. The summed E-state index contributed by atoms with van der Waals surface area (Å²) in [5.74, 6) is 1.26. The van der Waals surface area contributed by atoms with Crippen LogP contribution < -0.4 is 9.80 Å². The van der Waals surface area contributed by atoms with E-state index in [0.717, 1.165) is 23.5 Å². The summed E-state index contributed by atoms with van der Waals surface area (Å²) in [4.78, 5) is 27.2. The SMILES string of the molecule is CN(C)c1cc(Cl)nc(SCc2ccc(C(=O)N3CCN(c4cccc(C(F)(F)F)c4)CC3)cc2)n1. The molecule has 0 aliphatic carbocycles. The van der Waals surface area contributed by atoms with Crippen molar-refractivity contribution in [2.75, 3.05) is 50.1 Å². The number of benzene rings is 2. The van der Waals surface area contributed by atoms with Crippen LogP contribution in [0.4, 0.5) is 24.7 Å². The number of amides is 1. The minimum atomic E-state index is -4.38. The molecule has 4 rings (SSSR count). The monoisotopic (exact) mass is 535 g/mol. The predicted molar refractivity (Wildman–Crippen MR) is 137 cm³/mol. The molecule has 1 aliphatic heterocycles. The topological polar surface area (TPSA) is 52.6 Å². The van der Waals surface area contributed by atoms with Crippen LogP contribution in [0.25, 0.3) is 0 Å². The van der Waals surface area contributed by atoms with Crippen molar-refractivity contribution in [1.29, 1.82) is 0 Å². The van der Waals surface area contributed by atoms with E-state index in [1.165, 1.54) is 17.8 Å². The summed E-state index contributed by atoms with van der Waals surface area (Å²) in [7, 11) is 3.77. The second-order valence-electron chi connectivity index (χ2n) is 8.54. The van der Waals surface area contributed by atoms with Crippen molar-refractivity contribution in [2.24, 2.45) is 0 Å². The van der Waals surface area contributed by atoms with E-state index in [0.29, 0.717) is 53.5 Å². The van der Waals surface area contributed by atoms with E-state index in [9.17, 15) is 18.0 Å². The molecule has 11 heteroatoms. The number of nitrogens with zero attached hydrogens (tertiary/aromatic N) is 5. The second-order valence-corrected chi connectivity index (χ2v) is 9.87. The fraction of sp³-hybridized carbons (Fsp3) is 0.320. The highest BCUT2D eigenvalue weighted by Gasteiger charge is 2.31. The van der Waals surface area contributed by atoms with E-state index in [1.807, 2.05) is 36.0 Å². The molecule has 190 valence electrons. The fourth-order valence-electron chi connectivity index (χ4n) is 3.80. The number of hydrogen-bond donors (Lipinski definition) is 0. The number of anilines is 2. The first-order valence-corrected chi connectivity index (χ1v) is 12.6. The van der Waals surface area contributed by atoms with Gasteiger partial charge in [-0.1, -0.05) is 41.6 Å². The van der Waals surface area contributed by atoms with E-state index in [2.05, 4.69) is 9.97 Å². The van der Waals surface area contributed by atoms with Crippen molar-refractivity contribution in [1.82, 2.24) is 14.9 Å². The maximum absolute atomic E-state index is 13.0. The molecule has 3 aromatic rings. The van der Waals surface area contributed by atoms with Gasteiger partial charge in [0.15, 0.2) is 5.16 Å². The van der Waals surface area contributed by atoms with E-state index in [-0.39, 0.29) is 5.91 Å². The molecule has 1 saturated heterocycles. The Kier molecular flexibility index (Phi) is 7.94. The lowest BCUT2D eigenvalue weighted by molar-refractivity contribution is -0.137. The van der Waals surface area contributed by atoms with Crippen LogP contribution in [0.2, 0.25) is 5.15 Å². The maximum atomic E-state index is 13.0. The van der Waals surface area contributed by atoms with Gasteiger partial charge in [-0.25, -0.2) is 9.97 Å². The highest BCUT2D eigenvalue weighted by atomic mass is 35.5. The Morgan fingerprint density at radius 3 is 2.36 bits per heavy atom. The summed E-state index contributed by atoms with van der Waals surface area (Å²) < 4.78 is 39.1. The zero-order valence-electron chi connectivity index (χ0n) is 19.8. The molecule has 1 aromatic heterocycles. The number of piperazine rings is 1. The van der Waals surface area contributed by atoms with Crippen LogP contribution in [0.15, 0.2) is 59.8 Å². The molecule has 2 aromatic carbocycles. The van der Waals surface area contributed by atoms with Crippen molar-refractivity contribution in [3.8, 4) is 0 Å². The van der Waals surface area contributed by atoms with Gasteiger partial charge in [0.25, 0.3) is 5.91 Å². The summed E-state index contributed by atoms with van der Waals surface area (Å²) in [5, 5.41) is 0.954. The van der Waals surface area contributed by atoms with Gasteiger partial charge >= 0.3 is 6.18 Å². The van der Waals surface area contributed by atoms with Crippen molar-refractivity contribution in [3.63, 3.8) is 0 Å². The molecule has 0 saturated carbocycles. The standard InChI is InChI=1S/C25H25ClF3N5OS/c1-32(2)22-15-21(26)30-24(31-22)36-16-17-6-8-18(9-7-17)23(35)34-12-10-33(11-13-34)20-5-3-4-19(14-20)25(27,28)29/h3-9,14-15H,10-13,16H2,1-2H3. The van der Waals surface area contributed by atoms with E-state index in [4.69, 9.17) is 11.6 Å². The zero-order valence-corrected chi connectivity index (χ0v) is 21.4. The molecule has 1 aliphatic rings. The Balaban J connectivity index is 1.33. The molecule has 1 amide bonds. The summed E-state index contributed by atoms with van der Waals surface area (Å²) >= 11 is 7.55. The molecule has 0 radical (unpaired) electrons. The van der Waals surface area contributed by atoms with Gasteiger partial charge in [0.2, 0.25) is 0 Å². The van der Waals surface area contributed by atoms with Gasteiger partial charge < -0.3 is 14.7 Å². The normalized spacial score (nSPS) is 14.2. The van der Waals surface area contributed by atoms with Crippen molar-refractivity contribution >= 4 is 40.8 Å². The van der Waals surface area contributed by atoms with Crippen LogP contribution >= 0.6 is 23.4 Å². The first kappa shape index (κ1) is 26.1. The summed E-state index contributed by atoms with van der Waals surface area (Å²) in [6, 6.07) is 14.4. The van der Waals surface area contributed by atoms with Gasteiger partial charge in [-0.3, -0.25) is 4.79 Å². The molecule has 0 spiro atoms. The van der Waals surface area contributed by atoms with Gasteiger partial charge in [-0.2, -0.15) is 13.2 Å². The maximum Gasteiger partial charge on any atom is 0.416 e. The number of rotatable bonds is 6. The van der Waals surface area contributed by atoms with Crippen molar-refractivity contribution < 1.29 is 18.0 Å². The lowest BCUT2D eigenvalue weighted by Gasteiger charge is -2.36. The molecular formula is C25H25ClF3N5OS. The largest absolute Gasteiger partial charge is 0.416 e. The Labute approximate surface area is 217 Å². The molecular weight excluding hydrogens is 511 g/mol. The van der Waals surface area contributed by atoms with Crippen molar-refractivity contribution in [2.45, 2.75) is 17.1 Å². The minimum Gasteiger partial charge on any atom is -0.368 e. The van der Waals surface area contributed by atoms with E-state index >= 15 is 0 Å². The smallest absolute Gasteiger partial charge is 0.368 e. The van der Waals surface area contributed by atoms with Gasteiger partial charge in [0.05, 0.1) is 5.56 Å². The van der Waals surface area contributed by atoms with Gasteiger partial charge in [-0.05, 0) is 35.9 Å². The number of alkyl halides is 3. The second kappa shape index (κ2) is 11.0. The van der Waals surface area contributed by atoms with Crippen molar-refractivity contribution in [3.05, 3.63) is 76.4 Å². The zero-order chi connectivity index (χ0) is 25.9. The van der Waals surface area contributed by atoms with Crippen LogP contribution in [0, 0.1) is 0 Å². The first-order chi connectivity index (χ1) is 17.1. The number of hydrogen-bond acceptors (Lipinski definition) is 6. The third-order valence-corrected chi connectivity index (χ3v) is 6.91. The number of carbonyl (C=O) groups is 1. The summed E-state index contributed by atoms with van der Waals surface area (Å²) in [6.45, 7) is 1.81. The lowest BCUT2D eigenvalue weighted by Crippen LogP contribution is -2.48. The molecule has 0 atom stereocenters. The summed E-state index contributed by atoms with van der Waals surface area (Å²) in [5.41, 5.74) is 1.43. The third-order valence-electron chi connectivity index (χ3n) is 5.79. The average molecular weight is 536 g/mol. The highest BCUT2D eigenvalue weighted by molar-refractivity contribution is 7.98. The Morgan fingerprint density at radius 2 is 1.72 bits per heavy atom. The first-order valence-electron chi connectivity index (χ1n) is 11.3. The van der Waals surface area contributed by atoms with E-state index in [1.54, 1.807) is 29.2 Å². The number of carbonyl (C=O) groups excluding carboxylic acids is 1. The predicted octanol–water partition coefficient (Wildman–Crippen LogP) is 5.47. The van der Waals surface area contributed by atoms with Gasteiger partial charge in [0.1, 0.15) is 11.0 Å². The molecule has 1 fully saturated rings. The third kappa shape index (κ3) is 6.41. The van der Waals surface area contributed by atoms with Crippen LogP contribution in [0.1, 0.15) is 21.5 Å². The molecule has 0 bridgehead atoms. The van der Waals surface area contributed by atoms with Crippen LogP contribution in [-0.2, 0) is 11.9 Å². The number of halogens is 4. The fourth-order valence-corrected chi connectivity index (χ4v) is 4.84. The number of aromatic nitrogens is 2. The lowest BCUT2D eigenvalue weighted by atomic mass is 10.1. The Morgan fingerprint density at radius 1 is 1.03 bits per heavy atom. The molecule has 36 heavy (non-hydrogen) atoms. The van der Waals surface area contributed by atoms with Gasteiger partial charge in [-0.15, -0.1) is 0 Å². The molecule has 0 N–H and O–H groups in total. The van der Waals surface area contributed by atoms with Crippen LogP contribution in [0.5, 0.6) is 0 Å². The van der Waals surface area contributed by atoms with Gasteiger partial charge in [0, 0.05) is 63.3 Å². The van der Waals surface area contributed by atoms with Crippen LogP contribution in [-0.4, -0.2) is 61.0 Å². The Bertz CT molecular complexity index is 1220. The summed E-state index contributed by atoms with van der Waals surface area (Å²) in [6.07, 6.45) is -4.38. The average Bonchev–Trinajstić information content (AvgIpc) is 2.87. The van der Waals surface area contributed by atoms with Crippen LogP contribution in [0.3, 0.4) is 0 Å². The number of thioether (sulfide) groups is 1.